The van der Waals surface area contributed by atoms with Gasteiger partial charge in [0.2, 0.25) is 5.95 Å². The lowest BCUT2D eigenvalue weighted by atomic mass is 9.94. The molecule has 4 aromatic rings. The average Bonchev–Trinajstić information content (AvgIpc) is 3.38. The molecule has 2 heterocycles. The SMILES string of the molecule is CCOc1cc(C2C(C(=O)Nc3ccccc3)=C(C)Nc3nnnn32)ccc1OCc1ccc(Cl)c(Cl)c1. The molecule has 1 aliphatic heterocycles. The van der Waals surface area contributed by atoms with E-state index >= 15 is 0 Å². The van der Waals surface area contributed by atoms with Crippen molar-refractivity contribution in [3.63, 3.8) is 0 Å². The second-order valence-electron chi connectivity index (χ2n) is 8.51. The molecule has 5 rings (SSSR count). The molecular formula is C27H24Cl2N6O3. The molecule has 3 aromatic carbocycles. The molecule has 11 heteroatoms. The number of tetrazole rings is 1. The minimum absolute atomic E-state index is 0.268. The Balaban J connectivity index is 1.48. The number of carbonyl (C=O) groups excluding carboxylic acids is 1. The predicted octanol–water partition coefficient (Wildman–Crippen LogP) is 5.89. The zero-order valence-corrected chi connectivity index (χ0v) is 22.1. The van der Waals surface area contributed by atoms with E-state index in [1.165, 1.54) is 0 Å². The van der Waals surface area contributed by atoms with Crippen molar-refractivity contribution in [3.8, 4) is 11.5 Å². The number of carbonyl (C=O) groups is 1. The standard InChI is InChI=1S/C27H24Cl2N6O3/c1-3-37-23-14-18(10-12-22(23)38-15-17-9-11-20(28)21(29)13-17)25-24(16(2)30-27-32-33-34-35(25)27)26(36)31-19-7-5-4-6-8-19/h4-14,25H,3,15H2,1-2H3,(H,31,36)(H,30,32,34). The van der Waals surface area contributed by atoms with Crippen molar-refractivity contribution in [3.05, 3.63) is 99.2 Å². The molecule has 0 aliphatic carbocycles. The maximum atomic E-state index is 13.5. The molecule has 0 radical (unpaired) electrons. The van der Waals surface area contributed by atoms with E-state index in [9.17, 15) is 4.79 Å². The average molecular weight is 551 g/mol. The Hall–Kier alpha value is -4.08. The van der Waals surface area contributed by atoms with E-state index in [4.69, 9.17) is 32.7 Å². The number of nitrogens with one attached hydrogen (secondary N) is 2. The maximum Gasteiger partial charge on any atom is 0.255 e. The van der Waals surface area contributed by atoms with E-state index in [0.717, 1.165) is 11.1 Å². The maximum absolute atomic E-state index is 13.5. The lowest BCUT2D eigenvalue weighted by Crippen LogP contribution is -2.31. The summed E-state index contributed by atoms with van der Waals surface area (Å²) in [4.78, 5) is 13.5. The van der Waals surface area contributed by atoms with Gasteiger partial charge in [0.1, 0.15) is 12.6 Å². The lowest BCUT2D eigenvalue weighted by Gasteiger charge is -2.28. The number of ether oxygens (including phenoxy) is 2. The monoisotopic (exact) mass is 550 g/mol. The molecule has 1 unspecified atom stereocenters. The van der Waals surface area contributed by atoms with Crippen molar-refractivity contribution in [2.45, 2.75) is 26.5 Å². The van der Waals surface area contributed by atoms with Gasteiger partial charge in [-0.2, -0.15) is 4.68 Å². The molecular weight excluding hydrogens is 527 g/mol. The molecule has 1 aliphatic rings. The third-order valence-corrected chi connectivity index (χ3v) is 6.69. The number of amides is 1. The number of hydrogen-bond donors (Lipinski definition) is 2. The Kier molecular flexibility index (Phi) is 7.48. The minimum Gasteiger partial charge on any atom is -0.490 e. The number of para-hydroxylation sites is 1. The molecule has 0 bridgehead atoms. The van der Waals surface area contributed by atoms with Gasteiger partial charge < -0.3 is 20.1 Å². The topological polar surface area (TPSA) is 103 Å². The number of benzene rings is 3. The van der Waals surface area contributed by atoms with Crippen LogP contribution in [0.3, 0.4) is 0 Å². The summed E-state index contributed by atoms with van der Waals surface area (Å²) in [6.45, 7) is 4.40. The Morgan fingerprint density at radius 3 is 2.61 bits per heavy atom. The first-order chi connectivity index (χ1) is 18.4. The first kappa shape index (κ1) is 25.6. The van der Waals surface area contributed by atoms with E-state index in [2.05, 4.69) is 26.2 Å². The number of rotatable bonds is 8. The number of allylic oxidation sites excluding steroid dienone is 1. The van der Waals surface area contributed by atoms with Crippen molar-refractivity contribution in [2.75, 3.05) is 17.2 Å². The van der Waals surface area contributed by atoms with Crippen LogP contribution < -0.4 is 20.1 Å². The summed E-state index contributed by atoms with van der Waals surface area (Å²) in [5, 5.41) is 19.1. The minimum atomic E-state index is -0.603. The van der Waals surface area contributed by atoms with E-state index in [1.54, 1.807) is 16.8 Å². The summed E-state index contributed by atoms with van der Waals surface area (Å²) in [6, 6.07) is 19.5. The highest BCUT2D eigenvalue weighted by atomic mass is 35.5. The third kappa shape index (κ3) is 5.29. The molecule has 1 aromatic heterocycles. The van der Waals surface area contributed by atoms with Crippen LogP contribution in [0.2, 0.25) is 10.0 Å². The van der Waals surface area contributed by atoms with Crippen LogP contribution in [-0.2, 0) is 11.4 Å². The van der Waals surface area contributed by atoms with Crippen molar-refractivity contribution >= 4 is 40.7 Å². The number of anilines is 2. The molecule has 2 N–H and O–H groups in total. The summed E-state index contributed by atoms with van der Waals surface area (Å²) in [6.07, 6.45) is 0. The Bertz CT molecular complexity index is 1510. The van der Waals surface area contributed by atoms with Gasteiger partial charge in [-0.3, -0.25) is 4.79 Å². The van der Waals surface area contributed by atoms with Crippen molar-refractivity contribution < 1.29 is 14.3 Å². The molecule has 0 saturated heterocycles. The normalized spacial score (nSPS) is 14.5. The van der Waals surface area contributed by atoms with E-state index in [0.29, 0.717) is 51.1 Å². The number of aromatic nitrogens is 4. The summed E-state index contributed by atoms with van der Waals surface area (Å²) in [5.41, 5.74) is 3.41. The van der Waals surface area contributed by atoms with E-state index < -0.39 is 6.04 Å². The first-order valence-electron chi connectivity index (χ1n) is 11.9. The molecule has 0 saturated carbocycles. The highest BCUT2D eigenvalue weighted by Crippen LogP contribution is 2.39. The molecule has 194 valence electrons. The zero-order chi connectivity index (χ0) is 26.6. The summed E-state index contributed by atoms with van der Waals surface area (Å²) in [5.74, 6) is 1.23. The van der Waals surface area contributed by atoms with Gasteiger partial charge in [-0.1, -0.05) is 58.6 Å². The number of fused-ring (bicyclic) bond motifs is 1. The smallest absolute Gasteiger partial charge is 0.255 e. The van der Waals surface area contributed by atoms with Crippen molar-refractivity contribution in [1.29, 1.82) is 0 Å². The van der Waals surface area contributed by atoms with Crippen LogP contribution in [0.5, 0.6) is 11.5 Å². The van der Waals surface area contributed by atoms with Gasteiger partial charge in [-0.05, 0) is 71.8 Å². The summed E-state index contributed by atoms with van der Waals surface area (Å²) >= 11 is 12.2. The Labute approximate surface area is 229 Å². The van der Waals surface area contributed by atoms with Gasteiger partial charge in [0, 0.05) is 11.4 Å². The van der Waals surface area contributed by atoms with Gasteiger partial charge in [-0.25, -0.2) is 0 Å². The first-order valence-corrected chi connectivity index (χ1v) is 12.7. The largest absolute Gasteiger partial charge is 0.490 e. The van der Waals surface area contributed by atoms with Crippen LogP contribution in [0.15, 0.2) is 78.0 Å². The van der Waals surface area contributed by atoms with Crippen LogP contribution in [0.4, 0.5) is 11.6 Å². The summed E-state index contributed by atoms with van der Waals surface area (Å²) in [7, 11) is 0. The second-order valence-corrected chi connectivity index (χ2v) is 9.32. The Morgan fingerprint density at radius 2 is 1.84 bits per heavy atom. The number of halogens is 2. The molecule has 1 amide bonds. The highest BCUT2D eigenvalue weighted by Gasteiger charge is 2.34. The van der Waals surface area contributed by atoms with Crippen LogP contribution in [-0.4, -0.2) is 32.7 Å². The van der Waals surface area contributed by atoms with Crippen LogP contribution in [0, 0.1) is 0 Å². The molecule has 38 heavy (non-hydrogen) atoms. The molecule has 1 atom stereocenters. The van der Waals surface area contributed by atoms with Gasteiger partial charge in [0.25, 0.3) is 5.91 Å². The number of nitrogens with zero attached hydrogens (tertiary/aromatic N) is 4. The second kappa shape index (κ2) is 11.1. The fraction of sp³-hybridized carbons (Fsp3) is 0.185. The highest BCUT2D eigenvalue weighted by molar-refractivity contribution is 6.42. The predicted molar refractivity (Wildman–Crippen MR) is 146 cm³/mol. The van der Waals surface area contributed by atoms with E-state index in [-0.39, 0.29) is 12.5 Å². The fourth-order valence-corrected chi connectivity index (χ4v) is 4.53. The quantitative estimate of drug-likeness (QED) is 0.282. The fourth-order valence-electron chi connectivity index (χ4n) is 4.21. The summed E-state index contributed by atoms with van der Waals surface area (Å²) < 4.78 is 13.6. The van der Waals surface area contributed by atoms with Crippen LogP contribution >= 0.6 is 23.2 Å². The number of hydrogen-bond acceptors (Lipinski definition) is 7. The van der Waals surface area contributed by atoms with Crippen molar-refractivity contribution in [2.24, 2.45) is 0 Å². The third-order valence-electron chi connectivity index (χ3n) is 5.95. The van der Waals surface area contributed by atoms with Gasteiger partial charge >= 0.3 is 0 Å². The molecule has 9 nitrogen and oxygen atoms in total. The lowest BCUT2D eigenvalue weighted by molar-refractivity contribution is -0.113. The van der Waals surface area contributed by atoms with Crippen molar-refractivity contribution in [1.82, 2.24) is 20.2 Å². The molecule has 0 spiro atoms. The van der Waals surface area contributed by atoms with Crippen LogP contribution in [0.25, 0.3) is 0 Å². The molecule has 0 fully saturated rings. The van der Waals surface area contributed by atoms with E-state index in [1.807, 2.05) is 68.4 Å². The van der Waals surface area contributed by atoms with Gasteiger partial charge in [0.15, 0.2) is 11.5 Å². The zero-order valence-electron chi connectivity index (χ0n) is 20.6. The van der Waals surface area contributed by atoms with Gasteiger partial charge in [-0.15, -0.1) is 0 Å². The van der Waals surface area contributed by atoms with Crippen LogP contribution in [0.1, 0.15) is 31.0 Å². The Morgan fingerprint density at radius 1 is 1.03 bits per heavy atom. The van der Waals surface area contributed by atoms with Gasteiger partial charge in [0.05, 0.1) is 22.2 Å².